The van der Waals surface area contributed by atoms with E-state index in [1.54, 1.807) is 7.11 Å². The minimum absolute atomic E-state index is 0.235. The molecule has 0 aliphatic carbocycles. The summed E-state index contributed by atoms with van der Waals surface area (Å²) in [6.45, 7) is 4.54. The van der Waals surface area contributed by atoms with Crippen LogP contribution in [0.2, 0.25) is 0 Å². The lowest BCUT2D eigenvalue weighted by Crippen LogP contribution is -2.46. The number of nitrogens with zero attached hydrogens (tertiary/aromatic N) is 1. The number of rotatable bonds is 7. The Hall–Kier alpha value is -1.08. The zero-order chi connectivity index (χ0) is 16.8. The zero-order valence-electron chi connectivity index (χ0n) is 13.8. The minimum atomic E-state index is -0.468. The van der Waals surface area contributed by atoms with Gasteiger partial charge in [-0.3, -0.25) is 0 Å². The van der Waals surface area contributed by atoms with E-state index in [-0.39, 0.29) is 17.9 Å². The Labute approximate surface area is 136 Å². The Morgan fingerprint density at radius 3 is 2.70 bits per heavy atom. The van der Waals surface area contributed by atoms with Crippen molar-refractivity contribution in [3.05, 3.63) is 35.4 Å². The number of nitrogens with one attached hydrogen (secondary N) is 1. The zero-order valence-corrected chi connectivity index (χ0v) is 13.8. The number of likely N-dealkylation sites (tertiary alicyclic amines) is 1. The molecule has 1 fully saturated rings. The van der Waals surface area contributed by atoms with E-state index in [0.717, 1.165) is 32.0 Å². The van der Waals surface area contributed by atoms with Gasteiger partial charge >= 0.3 is 0 Å². The van der Waals surface area contributed by atoms with Crippen LogP contribution in [0.15, 0.2) is 18.2 Å². The third-order valence-electron chi connectivity index (χ3n) is 4.33. The highest BCUT2D eigenvalue weighted by molar-refractivity contribution is 5.22. The van der Waals surface area contributed by atoms with Gasteiger partial charge in [0.2, 0.25) is 0 Å². The van der Waals surface area contributed by atoms with Crippen molar-refractivity contribution in [2.75, 3.05) is 33.4 Å². The van der Waals surface area contributed by atoms with Crippen molar-refractivity contribution in [3.8, 4) is 0 Å². The SMILES string of the molecule is COCC(O)CN1CCC(NC(C)c2cc(F)ccc2F)CC1. The highest BCUT2D eigenvalue weighted by Gasteiger charge is 2.23. The second-order valence-electron chi connectivity index (χ2n) is 6.24. The van der Waals surface area contributed by atoms with E-state index in [4.69, 9.17) is 4.74 Å². The largest absolute Gasteiger partial charge is 0.389 e. The first-order valence-corrected chi connectivity index (χ1v) is 8.10. The first kappa shape index (κ1) is 18.3. The average molecular weight is 328 g/mol. The van der Waals surface area contributed by atoms with Crippen molar-refractivity contribution in [3.63, 3.8) is 0 Å². The van der Waals surface area contributed by atoms with Gasteiger partial charge in [0.25, 0.3) is 0 Å². The molecule has 1 heterocycles. The van der Waals surface area contributed by atoms with E-state index in [1.165, 1.54) is 12.1 Å². The molecule has 1 aromatic carbocycles. The molecular formula is C17H26F2N2O2. The highest BCUT2D eigenvalue weighted by Crippen LogP contribution is 2.21. The van der Waals surface area contributed by atoms with Gasteiger partial charge in [0.05, 0.1) is 12.7 Å². The molecule has 0 aromatic heterocycles. The molecule has 1 saturated heterocycles. The molecule has 0 bridgehead atoms. The first-order valence-electron chi connectivity index (χ1n) is 8.10. The van der Waals surface area contributed by atoms with E-state index >= 15 is 0 Å². The predicted octanol–water partition coefficient (Wildman–Crippen LogP) is 2.09. The molecular weight excluding hydrogens is 302 g/mol. The fourth-order valence-corrected chi connectivity index (χ4v) is 3.12. The molecule has 130 valence electrons. The van der Waals surface area contributed by atoms with E-state index in [1.807, 2.05) is 6.92 Å². The maximum Gasteiger partial charge on any atom is 0.128 e. The summed E-state index contributed by atoms with van der Waals surface area (Å²) in [7, 11) is 1.58. The van der Waals surface area contributed by atoms with Crippen LogP contribution in [0.25, 0.3) is 0 Å². The fourth-order valence-electron chi connectivity index (χ4n) is 3.12. The van der Waals surface area contributed by atoms with Gasteiger partial charge in [-0.2, -0.15) is 0 Å². The van der Waals surface area contributed by atoms with E-state index < -0.39 is 11.9 Å². The number of aliphatic hydroxyl groups is 1. The van der Waals surface area contributed by atoms with Crippen LogP contribution in [0.1, 0.15) is 31.4 Å². The molecule has 0 spiro atoms. The Bertz CT molecular complexity index is 493. The summed E-state index contributed by atoms with van der Waals surface area (Å²) >= 11 is 0. The first-order chi connectivity index (χ1) is 11.0. The smallest absolute Gasteiger partial charge is 0.128 e. The monoisotopic (exact) mass is 328 g/mol. The molecule has 4 nitrogen and oxygen atoms in total. The Balaban J connectivity index is 1.80. The number of halogens is 2. The summed E-state index contributed by atoms with van der Waals surface area (Å²) in [6.07, 6.45) is 1.37. The third kappa shape index (κ3) is 5.49. The summed E-state index contributed by atoms with van der Waals surface area (Å²) in [5.41, 5.74) is 0.364. The maximum absolute atomic E-state index is 13.8. The molecule has 0 radical (unpaired) electrons. The van der Waals surface area contributed by atoms with Crippen LogP contribution in [0.5, 0.6) is 0 Å². The summed E-state index contributed by atoms with van der Waals surface area (Å²) in [4.78, 5) is 2.20. The van der Waals surface area contributed by atoms with Gasteiger partial charge in [-0.1, -0.05) is 0 Å². The number of β-amino-alcohol motifs (C(OH)–C–C–N with tert-alkyl or cyclic N) is 1. The van der Waals surface area contributed by atoms with Gasteiger partial charge in [-0.25, -0.2) is 8.78 Å². The normalized spacial score (nSPS) is 19.7. The molecule has 2 N–H and O–H groups in total. The lowest BCUT2D eigenvalue weighted by atomic mass is 10.0. The van der Waals surface area contributed by atoms with Crippen LogP contribution in [0.4, 0.5) is 8.78 Å². The molecule has 1 aliphatic heterocycles. The van der Waals surface area contributed by atoms with Crippen LogP contribution in [0.3, 0.4) is 0 Å². The second kappa shape index (κ2) is 8.68. The molecule has 6 heteroatoms. The number of aliphatic hydroxyl groups excluding tert-OH is 1. The van der Waals surface area contributed by atoms with Crippen LogP contribution in [-0.2, 0) is 4.74 Å². The number of piperidine rings is 1. The number of benzene rings is 1. The van der Waals surface area contributed by atoms with Crippen LogP contribution >= 0.6 is 0 Å². The van der Waals surface area contributed by atoms with Gasteiger partial charge in [-0.15, -0.1) is 0 Å². The number of hydrogen-bond donors (Lipinski definition) is 2. The molecule has 2 atom stereocenters. The van der Waals surface area contributed by atoms with E-state index in [0.29, 0.717) is 18.7 Å². The fraction of sp³-hybridized carbons (Fsp3) is 0.647. The van der Waals surface area contributed by atoms with Crippen molar-refractivity contribution in [2.24, 2.45) is 0 Å². The second-order valence-corrected chi connectivity index (χ2v) is 6.24. The topological polar surface area (TPSA) is 44.7 Å². The van der Waals surface area contributed by atoms with Gasteiger partial charge in [0, 0.05) is 31.3 Å². The van der Waals surface area contributed by atoms with E-state index in [9.17, 15) is 13.9 Å². The lowest BCUT2D eigenvalue weighted by molar-refractivity contribution is 0.0307. The van der Waals surface area contributed by atoms with Crippen molar-refractivity contribution >= 4 is 0 Å². The summed E-state index contributed by atoms with van der Waals surface area (Å²) < 4.78 is 32.0. The van der Waals surface area contributed by atoms with Gasteiger partial charge in [-0.05, 0) is 51.1 Å². The molecule has 23 heavy (non-hydrogen) atoms. The van der Waals surface area contributed by atoms with Gasteiger partial charge in [0.15, 0.2) is 0 Å². The summed E-state index contributed by atoms with van der Waals surface area (Å²) in [6, 6.07) is 3.59. The number of hydrogen-bond acceptors (Lipinski definition) is 4. The van der Waals surface area contributed by atoms with Crippen molar-refractivity contribution < 1.29 is 18.6 Å². The summed E-state index contributed by atoms with van der Waals surface area (Å²) in [5, 5.41) is 13.1. The van der Waals surface area contributed by atoms with Crippen LogP contribution < -0.4 is 5.32 Å². The quantitative estimate of drug-likeness (QED) is 0.804. The lowest BCUT2D eigenvalue weighted by Gasteiger charge is -2.34. The van der Waals surface area contributed by atoms with Gasteiger partial charge in [0.1, 0.15) is 11.6 Å². The van der Waals surface area contributed by atoms with Crippen molar-refractivity contribution in [1.29, 1.82) is 0 Å². The molecule has 0 saturated carbocycles. The molecule has 2 unspecified atom stereocenters. The van der Waals surface area contributed by atoms with Crippen LogP contribution in [-0.4, -0.2) is 55.5 Å². The third-order valence-corrected chi connectivity index (χ3v) is 4.33. The standard InChI is InChI=1S/C17H26F2N2O2/c1-12(16-9-13(18)3-4-17(16)19)20-14-5-7-21(8-6-14)10-15(22)11-23-2/h3-4,9,12,14-15,20,22H,5-8,10-11H2,1-2H3. The predicted molar refractivity (Wildman–Crippen MR) is 85.3 cm³/mol. The number of ether oxygens (including phenoxy) is 1. The average Bonchev–Trinajstić information content (AvgIpc) is 2.52. The maximum atomic E-state index is 13.8. The molecule has 0 amide bonds. The minimum Gasteiger partial charge on any atom is -0.389 e. The van der Waals surface area contributed by atoms with E-state index in [2.05, 4.69) is 10.2 Å². The van der Waals surface area contributed by atoms with Crippen molar-refractivity contribution in [1.82, 2.24) is 10.2 Å². The Morgan fingerprint density at radius 2 is 2.04 bits per heavy atom. The Morgan fingerprint density at radius 1 is 1.35 bits per heavy atom. The number of methoxy groups -OCH3 is 1. The van der Waals surface area contributed by atoms with Crippen molar-refractivity contribution in [2.45, 2.75) is 38.0 Å². The van der Waals surface area contributed by atoms with Crippen LogP contribution in [0, 0.1) is 11.6 Å². The highest BCUT2D eigenvalue weighted by atomic mass is 19.1. The Kier molecular flexibility index (Phi) is 6.89. The molecule has 1 aromatic rings. The summed E-state index contributed by atoms with van der Waals surface area (Å²) in [5.74, 6) is -0.802. The molecule has 2 rings (SSSR count). The molecule has 1 aliphatic rings. The van der Waals surface area contributed by atoms with Gasteiger partial charge < -0.3 is 20.1 Å².